The Balaban J connectivity index is 1.62. The highest BCUT2D eigenvalue weighted by Gasteiger charge is 2.22. The standard InChI is InChI=1S/C19H25FN4O/c1-3-24-14-17(15(2)21-24)13-22-8-7-19(25)23(10-9-22)12-16-5-4-6-18(20)11-16/h4-6,11,14H,3,7-10,12-13H2,1-2H3. The van der Waals surface area contributed by atoms with Crippen molar-refractivity contribution in [2.45, 2.75) is 39.9 Å². The van der Waals surface area contributed by atoms with Crippen molar-refractivity contribution in [2.75, 3.05) is 19.6 Å². The van der Waals surface area contributed by atoms with E-state index in [0.29, 0.717) is 19.5 Å². The van der Waals surface area contributed by atoms with Crippen molar-refractivity contribution < 1.29 is 9.18 Å². The Morgan fingerprint density at radius 2 is 2.04 bits per heavy atom. The van der Waals surface area contributed by atoms with Crippen LogP contribution >= 0.6 is 0 Å². The topological polar surface area (TPSA) is 41.4 Å². The molecular weight excluding hydrogens is 319 g/mol. The van der Waals surface area contributed by atoms with Gasteiger partial charge in [0.1, 0.15) is 5.82 Å². The molecule has 3 rings (SSSR count). The van der Waals surface area contributed by atoms with Gasteiger partial charge in [0.25, 0.3) is 0 Å². The predicted molar refractivity (Wildman–Crippen MR) is 94.3 cm³/mol. The van der Waals surface area contributed by atoms with Gasteiger partial charge in [0.2, 0.25) is 5.91 Å². The highest BCUT2D eigenvalue weighted by atomic mass is 19.1. The van der Waals surface area contributed by atoms with Gasteiger partial charge in [0, 0.05) is 57.4 Å². The van der Waals surface area contributed by atoms with Gasteiger partial charge in [-0.05, 0) is 31.5 Å². The number of rotatable bonds is 5. The zero-order chi connectivity index (χ0) is 17.8. The summed E-state index contributed by atoms with van der Waals surface area (Å²) in [5.41, 5.74) is 3.10. The Kier molecular flexibility index (Phi) is 5.48. The fourth-order valence-electron chi connectivity index (χ4n) is 3.21. The van der Waals surface area contributed by atoms with E-state index in [9.17, 15) is 9.18 Å². The van der Waals surface area contributed by atoms with Gasteiger partial charge in [-0.3, -0.25) is 14.4 Å². The number of hydrogen-bond acceptors (Lipinski definition) is 3. The highest BCUT2D eigenvalue weighted by Crippen LogP contribution is 2.15. The number of amides is 1. The maximum Gasteiger partial charge on any atom is 0.224 e. The van der Waals surface area contributed by atoms with E-state index in [1.807, 2.05) is 22.6 Å². The molecule has 0 N–H and O–H groups in total. The van der Waals surface area contributed by atoms with Gasteiger partial charge in [-0.1, -0.05) is 12.1 Å². The predicted octanol–water partition coefficient (Wildman–Crippen LogP) is 2.59. The Labute approximate surface area is 148 Å². The van der Waals surface area contributed by atoms with Crippen molar-refractivity contribution in [3.8, 4) is 0 Å². The number of halogens is 1. The van der Waals surface area contributed by atoms with E-state index in [1.165, 1.54) is 17.7 Å². The van der Waals surface area contributed by atoms with Gasteiger partial charge in [-0.25, -0.2) is 4.39 Å². The zero-order valence-corrected chi connectivity index (χ0v) is 14.9. The van der Waals surface area contributed by atoms with Crippen molar-refractivity contribution in [1.82, 2.24) is 19.6 Å². The van der Waals surface area contributed by atoms with Crippen LogP contribution in [0.5, 0.6) is 0 Å². The second-order valence-electron chi connectivity index (χ2n) is 6.57. The van der Waals surface area contributed by atoms with Crippen LogP contribution in [0.1, 0.15) is 30.2 Å². The number of carbonyl (C=O) groups is 1. The van der Waals surface area contributed by atoms with Crippen molar-refractivity contribution in [3.63, 3.8) is 0 Å². The molecule has 0 radical (unpaired) electrons. The van der Waals surface area contributed by atoms with Gasteiger partial charge < -0.3 is 4.90 Å². The summed E-state index contributed by atoms with van der Waals surface area (Å²) in [6.45, 7) is 8.47. The minimum absolute atomic E-state index is 0.132. The molecule has 2 aromatic rings. The van der Waals surface area contributed by atoms with Gasteiger partial charge in [-0.2, -0.15) is 5.10 Å². The van der Waals surface area contributed by atoms with E-state index in [0.717, 1.165) is 37.4 Å². The number of benzene rings is 1. The average molecular weight is 344 g/mol. The molecule has 6 heteroatoms. The van der Waals surface area contributed by atoms with Crippen LogP contribution in [0.4, 0.5) is 4.39 Å². The molecule has 1 aliphatic rings. The van der Waals surface area contributed by atoms with Crippen LogP contribution in [0.3, 0.4) is 0 Å². The zero-order valence-electron chi connectivity index (χ0n) is 14.9. The molecule has 1 saturated heterocycles. The van der Waals surface area contributed by atoms with Crippen molar-refractivity contribution >= 4 is 5.91 Å². The third-order valence-electron chi connectivity index (χ3n) is 4.71. The molecule has 0 bridgehead atoms. The molecule has 2 heterocycles. The number of nitrogens with zero attached hydrogens (tertiary/aromatic N) is 4. The minimum Gasteiger partial charge on any atom is -0.337 e. The third-order valence-corrected chi connectivity index (χ3v) is 4.71. The van der Waals surface area contributed by atoms with Crippen LogP contribution in [0.25, 0.3) is 0 Å². The fraction of sp³-hybridized carbons (Fsp3) is 0.474. The third kappa shape index (κ3) is 4.45. The molecule has 5 nitrogen and oxygen atoms in total. The SMILES string of the molecule is CCn1cc(CN2CCC(=O)N(Cc3cccc(F)c3)CC2)c(C)n1. The maximum atomic E-state index is 13.4. The summed E-state index contributed by atoms with van der Waals surface area (Å²) >= 11 is 0. The summed E-state index contributed by atoms with van der Waals surface area (Å²) in [5.74, 6) is -0.127. The monoisotopic (exact) mass is 344 g/mol. The number of aromatic nitrogens is 2. The van der Waals surface area contributed by atoms with Crippen LogP contribution in [0.2, 0.25) is 0 Å². The lowest BCUT2D eigenvalue weighted by atomic mass is 10.2. The van der Waals surface area contributed by atoms with Crippen LogP contribution < -0.4 is 0 Å². The lowest BCUT2D eigenvalue weighted by Crippen LogP contribution is -2.32. The first kappa shape index (κ1) is 17.6. The van der Waals surface area contributed by atoms with Gasteiger partial charge in [-0.15, -0.1) is 0 Å². The first-order valence-corrected chi connectivity index (χ1v) is 8.82. The molecule has 1 amide bonds. The largest absolute Gasteiger partial charge is 0.337 e. The lowest BCUT2D eigenvalue weighted by molar-refractivity contribution is -0.130. The first-order valence-electron chi connectivity index (χ1n) is 8.82. The van der Waals surface area contributed by atoms with Crippen molar-refractivity contribution in [3.05, 3.63) is 53.1 Å². The molecule has 134 valence electrons. The Morgan fingerprint density at radius 3 is 2.76 bits per heavy atom. The molecule has 1 aromatic carbocycles. The second kappa shape index (κ2) is 7.78. The van der Waals surface area contributed by atoms with Crippen molar-refractivity contribution in [1.29, 1.82) is 0 Å². The second-order valence-corrected chi connectivity index (χ2v) is 6.57. The molecule has 0 atom stereocenters. The van der Waals surface area contributed by atoms with Gasteiger partial charge in [0.05, 0.1) is 5.69 Å². The van der Waals surface area contributed by atoms with E-state index < -0.39 is 0 Å². The molecule has 25 heavy (non-hydrogen) atoms. The molecule has 0 aliphatic carbocycles. The number of carbonyl (C=O) groups excluding carboxylic acids is 1. The number of hydrogen-bond donors (Lipinski definition) is 0. The molecule has 0 saturated carbocycles. The first-order chi connectivity index (χ1) is 12.0. The smallest absolute Gasteiger partial charge is 0.224 e. The Morgan fingerprint density at radius 1 is 1.20 bits per heavy atom. The van der Waals surface area contributed by atoms with E-state index in [4.69, 9.17) is 0 Å². The van der Waals surface area contributed by atoms with Crippen LogP contribution in [-0.4, -0.2) is 45.1 Å². The Hall–Kier alpha value is -2.21. The molecule has 0 spiro atoms. The van der Waals surface area contributed by atoms with Gasteiger partial charge >= 0.3 is 0 Å². The molecule has 1 fully saturated rings. The summed E-state index contributed by atoms with van der Waals surface area (Å²) in [6, 6.07) is 6.47. The number of aryl methyl sites for hydroxylation is 2. The van der Waals surface area contributed by atoms with Gasteiger partial charge in [0.15, 0.2) is 0 Å². The summed E-state index contributed by atoms with van der Waals surface area (Å²) in [4.78, 5) is 16.5. The molecule has 1 aliphatic heterocycles. The summed E-state index contributed by atoms with van der Waals surface area (Å²) in [7, 11) is 0. The normalized spacial score (nSPS) is 16.3. The van der Waals surface area contributed by atoms with Crippen LogP contribution in [0, 0.1) is 12.7 Å². The highest BCUT2D eigenvalue weighted by molar-refractivity contribution is 5.76. The van der Waals surface area contributed by atoms with E-state index in [2.05, 4.69) is 23.1 Å². The molecule has 0 unspecified atom stereocenters. The molecular formula is C19H25FN4O. The summed E-state index contributed by atoms with van der Waals surface area (Å²) in [6.07, 6.45) is 2.59. The average Bonchev–Trinajstić information content (AvgIpc) is 2.86. The van der Waals surface area contributed by atoms with E-state index in [-0.39, 0.29) is 11.7 Å². The quantitative estimate of drug-likeness (QED) is 0.837. The van der Waals surface area contributed by atoms with Crippen molar-refractivity contribution in [2.24, 2.45) is 0 Å². The molecule has 1 aromatic heterocycles. The maximum absolute atomic E-state index is 13.4. The Bertz CT molecular complexity index is 743. The van der Waals surface area contributed by atoms with E-state index >= 15 is 0 Å². The lowest BCUT2D eigenvalue weighted by Gasteiger charge is -2.22. The fourth-order valence-corrected chi connectivity index (χ4v) is 3.21. The summed E-state index contributed by atoms with van der Waals surface area (Å²) in [5, 5.41) is 4.49. The van der Waals surface area contributed by atoms with Crippen LogP contribution in [-0.2, 0) is 24.4 Å². The van der Waals surface area contributed by atoms with E-state index in [1.54, 1.807) is 6.07 Å². The minimum atomic E-state index is -0.259. The summed E-state index contributed by atoms with van der Waals surface area (Å²) < 4.78 is 15.3. The van der Waals surface area contributed by atoms with Crippen LogP contribution in [0.15, 0.2) is 30.5 Å².